The number of hydrogen-bond acceptors (Lipinski definition) is 5. The van der Waals surface area contributed by atoms with Gasteiger partial charge in [-0.2, -0.15) is 11.3 Å². The molecule has 2 atom stereocenters. The Balaban J connectivity index is 1.64. The van der Waals surface area contributed by atoms with Crippen molar-refractivity contribution in [1.29, 1.82) is 0 Å². The van der Waals surface area contributed by atoms with Gasteiger partial charge in [-0.1, -0.05) is 18.2 Å². The predicted octanol–water partition coefficient (Wildman–Crippen LogP) is 2.25. The number of rotatable bonds is 5. The first-order valence-electron chi connectivity index (χ1n) is 7.81. The molecular formula is C18H20N2O3S. The van der Waals surface area contributed by atoms with E-state index >= 15 is 0 Å². The molecule has 2 unspecified atom stereocenters. The number of esters is 1. The van der Waals surface area contributed by atoms with E-state index in [1.165, 1.54) is 0 Å². The summed E-state index contributed by atoms with van der Waals surface area (Å²) in [4.78, 5) is 26.5. The molecule has 1 N–H and O–H groups in total. The first-order chi connectivity index (χ1) is 11.6. The van der Waals surface area contributed by atoms with E-state index < -0.39 is 12.1 Å². The molecule has 2 heterocycles. The molecule has 0 saturated heterocycles. The van der Waals surface area contributed by atoms with E-state index in [2.05, 4.69) is 21.7 Å². The lowest BCUT2D eigenvalue weighted by molar-refractivity contribution is -0.130. The molecule has 2 aromatic rings. The third kappa shape index (κ3) is 3.49. The molecule has 1 aliphatic rings. The average Bonchev–Trinajstić information content (AvgIpc) is 3.08. The van der Waals surface area contributed by atoms with Crippen LogP contribution < -0.4 is 5.32 Å². The van der Waals surface area contributed by atoms with Gasteiger partial charge >= 0.3 is 5.97 Å². The molecule has 1 aliphatic heterocycles. The van der Waals surface area contributed by atoms with Crippen molar-refractivity contribution in [2.24, 2.45) is 0 Å². The molecule has 0 spiro atoms. The highest BCUT2D eigenvalue weighted by molar-refractivity contribution is 7.07. The van der Waals surface area contributed by atoms with E-state index in [4.69, 9.17) is 4.74 Å². The highest BCUT2D eigenvalue weighted by Gasteiger charge is 2.31. The quantitative estimate of drug-likeness (QED) is 0.845. The van der Waals surface area contributed by atoms with Crippen LogP contribution in [0.5, 0.6) is 0 Å². The summed E-state index contributed by atoms with van der Waals surface area (Å²) in [7, 11) is 3.96. The van der Waals surface area contributed by atoms with E-state index in [0.717, 1.165) is 11.1 Å². The lowest BCUT2D eigenvalue weighted by Gasteiger charge is -2.27. The van der Waals surface area contributed by atoms with Crippen molar-refractivity contribution in [2.75, 3.05) is 20.6 Å². The number of benzene rings is 1. The fourth-order valence-corrected chi connectivity index (χ4v) is 3.56. The maximum absolute atomic E-state index is 12.4. The molecular weight excluding hydrogens is 324 g/mol. The second kappa shape index (κ2) is 7.15. The second-order valence-corrected chi connectivity index (χ2v) is 6.82. The fraction of sp³-hybridized carbons (Fsp3) is 0.333. The van der Waals surface area contributed by atoms with Crippen molar-refractivity contribution in [3.63, 3.8) is 0 Å². The van der Waals surface area contributed by atoms with Crippen LogP contribution in [-0.4, -0.2) is 43.5 Å². The summed E-state index contributed by atoms with van der Waals surface area (Å²) in [5.74, 6) is -0.682. The van der Waals surface area contributed by atoms with Gasteiger partial charge in [0.25, 0.3) is 5.91 Å². The molecule has 126 valence electrons. The maximum atomic E-state index is 12.4. The summed E-state index contributed by atoms with van der Waals surface area (Å²) < 4.78 is 5.30. The third-order valence-electron chi connectivity index (χ3n) is 4.21. The molecule has 0 fully saturated rings. The second-order valence-electron chi connectivity index (χ2n) is 6.04. The van der Waals surface area contributed by atoms with Gasteiger partial charge in [0.15, 0.2) is 6.10 Å². The van der Waals surface area contributed by atoms with Gasteiger partial charge in [0, 0.05) is 13.0 Å². The fourth-order valence-electron chi connectivity index (χ4n) is 2.85. The molecule has 1 aromatic carbocycles. The van der Waals surface area contributed by atoms with Gasteiger partial charge in [-0.3, -0.25) is 4.79 Å². The topological polar surface area (TPSA) is 58.6 Å². The Morgan fingerprint density at radius 1 is 1.38 bits per heavy atom. The molecule has 3 rings (SSSR count). The van der Waals surface area contributed by atoms with Gasteiger partial charge < -0.3 is 15.0 Å². The largest absolute Gasteiger partial charge is 0.448 e. The smallest absolute Gasteiger partial charge is 0.339 e. The number of ether oxygens (including phenoxy) is 1. The first-order valence-corrected chi connectivity index (χ1v) is 8.75. The van der Waals surface area contributed by atoms with Gasteiger partial charge in [-0.15, -0.1) is 0 Å². The molecule has 5 nitrogen and oxygen atoms in total. The van der Waals surface area contributed by atoms with Crippen LogP contribution in [0.4, 0.5) is 0 Å². The number of nitrogens with zero attached hydrogens (tertiary/aromatic N) is 1. The van der Waals surface area contributed by atoms with Crippen LogP contribution in [0, 0.1) is 0 Å². The number of carbonyl (C=O) groups is 2. The molecule has 0 radical (unpaired) electrons. The van der Waals surface area contributed by atoms with Crippen LogP contribution in [0.15, 0.2) is 41.1 Å². The number of thiophene rings is 1. The highest BCUT2D eigenvalue weighted by atomic mass is 32.1. The lowest BCUT2D eigenvalue weighted by atomic mass is 9.98. The van der Waals surface area contributed by atoms with Crippen molar-refractivity contribution in [1.82, 2.24) is 10.2 Å². The summed E-state index contributed by atoms with van der Waals surface area (Å²) >= 11 is 1.63. The Morgan fingerprint density at radius 3 is 2.88 bits per heavy atom. The zero-order valence-electron chi connectivity index (χ0n) is 13.7. The van der Waals surface area contributed by atoms with Crippen LogP contribution in [0.1, 0.15) is 27.5 Å². The Morgan fingerprint density at radius 2 is 2.17 bits per heavy atom. The van der Waals surface area contributed by atoms with Gasteiger partial charge in [0.05, 0.1) is 11.6 Å². The molecule has 1 amide bonds. The van der Waals surface area contributed by atoms with E-state index in [-0.39, 0.29) is 11.9 Å². The van der Waals surface area contributed by atoms with Crippen LogP contribution in [0.25, 0.3) is 0 Å². The number of cyclic esters (lactones) is 1. The number of nitrogens with one attached hydrogen (secondary N) is 1. The van der Waals surface area contributed by atoms with E-state index in [0.29, 0.717) is 18.5 Å². The lowest BCUT2D eigenvalue weighted by Crippen LogP contribution is -2.44. The van der Waals surface area contributed by atoms with E-state index in [1.807, 2.05) is 31.6 Å². The first kappa shape index (κ1) is 16.7. The standard InChI is InChI=1S/C18H20N2O3S/c1-20(2)15(13-7-8-24-11-13)10-19-17(21)16-9-12-5-3-4-6-14(12)18(22)23-16/h3-8,11,15-16H,9-10H2,1-2H3,(H,19,21). The van der Waals surface area contributed by atoms with Crippen molar-refractivity contribution in [3.8, 4) is 0 Å². The number of amides is 1. The van der Waals surface area contributed by atoms with E-state index in [9.17, 15) is 9.59 Å². The Kier molecular flexibility index (Phi) is 4.97. The summed E-state index contributed by atoms with van der Waals surface area (Å²) in [6.07, 6.45) is -0.351. The number of likely N-dealkylation sites (N-methyl/N-ethyl adjacent to an activating group) is 1. The molecule has 0 bridgehead atoms. The highest BCUT2D eigenvalue weighted by Crippen LogP contribution is 2.22. The van der Waals surface area contributed by atoms with Crippen LogP contribution in [-0.2, 0) is 16.0 Å². The summed E-state index contributed by atoms with van der Waals surface area (Å²) in [5.41, 5.74) is 2.57. The minimum atomic E-state index is -0.766. The van der Waals surface area contributed by atoms with Crippen molar-refractivity contribution >= 4 is 23.2 Å². The maximum Gasteiger partial charge on any atom is 0.339 e. The molecule has 0 aliphatic carbocycles. The van der Waals surface area contributed by atoms with Gasteiger partial charge in [-0.25, -0.2) is 4.79 Å². The van der Waals surface area contributed by atoms with Crippen LogP contribution in [0.2, 0.25) is 0 Å². The predicted molar refractivity (Wildman–Crippen MR) is 93.1 cm³/mol. The number of carbonyl (C=O) groups excluding carboxylic acids is 2. The minimum Gasteiger partial charge on any atom is -0.448 e. The van der Waals surface area contributed by atoms with Crippen molar-refractivity contribution in [2.45, 2.75) is 18.6 Å². The number of hydrogen-bond donors (Lipinski definition) is 1. The van der Waals surface area contributed by atoms with Gasteiger partial charge in [0.2, 0.25) is 0 Å². The van der Waals surface area contributed by atoms with Crippen LogP contribution >= 0.6 is 11.3 Å². The van der Waals surface area contributed by atoms with Crippen molar-refractivity contribution in [3.05, 3.63) is 57.8 Å². The zero-order chi connectivity index (χ0) is 17.1. The SMILES string of the molecule is CN(C)C(CNC(=O)C1Cc2ccccc2C(=O)O1)c1ccsc1. The van der Waals surface area contributed by atoms with E-state index in [1.54, 1.807) is 23.5 Å². The Bertz CT molecular complexity index is 728. The molecule has 1 aromatic heterocycles. The Hall–Kier alpha value is -2.18. The van der Waals surface area contributed by atoms with Crippen molar-refractivity contribution < 1.29 is 14.3 Å². The third-order valence-corrected chi connectivity index (χ3v) is 4.91. The van der Waals surface area contributed by atoms with Gasteiger partial charge in [0.1, 0.15) is 0 Å². The summed E-state index contributed by atoms with van der Waals surface area (Å²) in [6.45, 7) is 0.470. The summed E-state index contributed by atoms with van der Waals surface area (Å²) in [6, 6.07) is 9.40. The average molecular weight is 344 g/mol. The minimum absolute atomic E-state index is 0.0896. The summed E-state index contributed by atoms with van der Waals surface area (Å²) in [5, 5.41) is 7.02. The number of fused-ring (bicyclic) bond motifs is 1. The normalized spacial score (nSPS) is 18.0. The van der Waals surface area contributed by atoms with Gasteiger partial charge in [-0.05, 0) is 48.1 Å². The van der Waals surface area contributed by atoms with Crippen LogP contribution in [0.3, 0.4) is 0 Å². The molecule has 0 saturated carbocycles. The zero-order valence-corrected chi connectivity index (χ0v) is 14.5. The Labute approximate surface area is 145 Å². The molecule has 6 heteroatoms. The monoisotopic (exact) mass is 344 g/mol. The molecule has 24 heavy (non-hydrogen) atoms.